The first-order valence-corrected chi connectivity index (χ1v) is 22.9. The molecule has 0 fully saturated rings. The Morgan fingerprint density at radius 2 is 1.27 bits per heavy atom. The monoisotopic (exact) mass is 1050 g/mol. The zero-order chi connectivity index (χ0) is 45.7. The minimum absolute atomic E-state index is 0. The first-order valence-electron chi connectivity index (χ1n) is 22.9. The Bertz CT molecular complexity index is 3520. The summed E-state index contributed by atoms with van der Waals surface area (Å²) in [5, 5.41) is 13.5. The predicted molar refractivity (Wildman–Crippen MR) is 271 cm³/mol. The molecular formula is C61H52N3O2Pt-. The van der Waals surface area contributed by atoms with Gasteiger partial charge in [0.25, 0.3) is 0 Å². The number of aromatic hydroxyl groups is 1. The molecule has 67 heavy (non-hydrogen) atoms. The second-order valence-corrected chi connectivity index (χ2v) is 20.3. The van der Waals surface area contributed by atoms with Crippen LogP contribution in [0.25, 0.3) is 94.8 Å². The molecule has 10 aromatic rings. The van der Waals surface area contributed by atoms with Gasteiger partial charge in [0.2, 0.25) is 0 Å². The van der Waals surface area contributed by atoms with Crippen molar-refractivity contribution < 1.29 is 30.6 Å². The summed E-state index contributed by atoms with van der Waals surface area (Å²) in [6, 6.07) is 59.2. The van der Waals surface area contributed by atoms with E-state index < -0.39 is 5.41 Å². The number of hydrogen-bond acceptors (Lipinski definition) is 4. The van der Waals surface area contributed by atoms with Gasteiger partial charge in [-0.2, -0.15) is 0 Å². The Labute approximate surface area is 407 Å². The van der Waals surface area contributed by atoms with Crippen LogP contribution in [0.2, 0.25) is 0 Å². The first-order chi connectivity index (χ1) is 31.7. The summed E-state index contributed by atoms with van der Waals surface area (Å²) in [4.78, 5) is 10.6. The van der Waals surface area contributed by atoms with E-state index in [2.05, 4.69) is 218 Å². The van der Waals surface area contributed by atoms with Gasteiger partial charge in [-0.1, -0.05) is 176 Å². The SMILES string of the molecule is CC(C)(C)c1cc(-c2nc3c4c5c(oc4ccc3n2-c2ccc(-c3ccccc3)cc2-c2ccccc2)C(C)(C)c2ccc(-c3cc(-c4ccccc4)ccn3)[c-]c2-5)c(O)c(C(C)(C)C)c1.[Pt]. The van der Waals surface area contributed by atoms with E-state index in [-0.39, 0.29) is 37.6 Å². The number of fused-ring (bicyclic) bond motifs is 7. The van der Waals surface area contributed by atoms with E-state index >= 15 is 0 Å². The van der Waals surface area contributed by atoms with Crippen LogP contribution in [0.5, 0.6) is 5.75 Å². The van der Waals surface area contributed by atoms with Crippen molar-refractivity contribution in [3.63, 3.8) is 0 Å². The molecule has 0 amide bonds. The molecule has 6 heteroatoms. The van der Waals surface area contributed by atoms with E-state index in [1.165, 1.54) is 0 Å². The van der Waals surface area contributed by atoms with Crippen LogP contribution in [0.4, 0.5) is 0 Å². The largest absolute Gasteiger partial charge is 0.507 e. The topological polar surface area (TPSA) is 64.1 Å². The van der Waals surface area contributed by atoms with Crippen LogP contribution in [0.3, 0.4) is 0 Å². The van der Waals surface area contributed by atoms with Gasteiger partial charge in [-0.15, -0.1) is 23.8 Å². The maximum Gasteiger partial charge on any atom is 0.149 e. The van der Waals surface area contributed by atoms with Crippen LogP contribution in [-0.4, -0.2) is 19.6 Å². The number of imidazole rings is 1. The van der Waals surface area contributed by atoms with Gasteiger partial charge in [-0.05, 0) is 86.2 Å². The summed E-state index contributed by atoms with van der Waals surface area (Å²) in [6.07, 6.45) is 1.88. The van der Waals surface area contributed by atoms with Crippen molar-refractivity contribution in [2.75, 3.05) is 0 Å². The van der Waals surface area contributed by atoms with Gasteiger partial charge in [0.15, 0.2) is 0 Å². The second-order valence-electron chi connectivity index (χ2n) is 20.3. The van der Waals surface area contributed by atoms with E-state index in [1.807, 2.05) is 12.3 Å². The van der Waals surface area contributed by atoms with Gasteiger partial charge >= 0.3 is 0 Å². The number of nitrogens with zero attached hydrogens (tertiary/aromatic N) is 3. The van der Waals surface area contributed by atoms with Crippen molar-refractivity contribution in [1.82, 2.24) is 14.5 Å². The minimum Gasteiger partial charge on any atom is -0.507 e. The summed E-state index contributed by atoms with van der Waals surface area (Å²) in [7, 11) is 0. The van der Waals surface area contributed by atoms with E-state index in [9.17, 15) is 5.11 Å². The molecule has 3 aromatic heterocycles. The van der Waals surface area contributed by atoms with E-state index in [0.29, 0.717) is 11.4 Å². The molecule has 334 valence electrons. The summed E-state index contributed by atoms with van der Waals surface area (Å²) < 4.78 is 9.24. The molecule has 0 saturated heterocycles. The molecule has 1 N–H and O–H groups in total. The standard InChI is InChI=1S/C61H52N3O2.Pt/c1-59(2,3)43-35-46(56(65)48(36-43)60(4,5)6)58-63-55-51(64(58)50-27-25-40(37-18-12-9-13-19-37)32-44(50)39-22-16-11-17-23-39)28-29-52-54(55)53-45-33-42(24-26-47(45)61(7,8)57(53)66-52)49-34-41(30-31-62-49)38-20-14-10-15-21-38;/h9-32,34-36,65H,1-8H3;/q-1;. The quantitative estimate of drug-likeness (QED) is 0.169. The Kier molecular flexibility index (Phi) is 10.7. The smallest absolute Gasteiger partial charge is 0.149 e. The van der Waals surface area contributed by atoms with Crippen LogP contribution in [-0.2, 0) is 37.3 Å². The Hall–Kier alpha value is -6.81. The number of benzene rings is 7. The molecule has 0 saturated carbocycles. The molecular weight excluding hydrogens is 1000 g/mol. The number of aromatic nitrogens is 3. The third-order valence-corrected chi connectivity index (χ3v) is 13.5. The summed E-state index contributed by atoms with van der Waals surface area (Å²) >= 11 is 0. The summed E-state index contributed by atoms with van der Waals surface area (Å²) in [6.45, 7) is 17.6. The average Bonchev–Trinajstić information content (AvgIpc) is 3.97. The van der Waals surface area contributed by atoms with Crippen molar-refractivity contribution in [2.24, 2.45) is 0 Å². The number of hydrogen-bond donors (Lipinski definition) is 1. The maximum absolute atomic E-state index is 12.6. The number of furan rings is 1. The fraction of sp³-hybridized carbons (Fsp3) is 0.180. The summed E-state index contributed by atoms with van der Waals surface area (Å²) in [5.41, 5.74) is 16.6. The fourth-order valence-corrected chi connectivity index (χ4v) is 9.90. The molecule has 0 spiro atoms. The number of rotatable bonds is 6. The molecule has 0 aliphatic heterocycles. The molecule has 0 unspecified atom stereocenters. The van der Waals surface area contributed by atoms with Crippen molar-refractivity contribution in [3.05, 3.63) is 192 Å². The molecule has 1 aliphatic rings. The average molecular weight is 1050 g/mol. The van der Waals surface area contributed by atoms with Crippen LogP contribution < -0.4 is 0 Å². The van der Waals surface area contributed by atoms with Gasteiger partial charge < -0.3 is 9.52 Å². The Morgan fingerprint density at radius 3 is 1.91 bits per heavy atom. The minimum atomic E-state index is -0.440. The van der Waals surface area contributed by atoms with E-state index in [1.54, 1.807) is 0 Å². The second kappa shape index (κ2) is 16.2. The molecule has 0 atom stereocenters. The first kappa shape index (κ1) is 44.0. The van der Waals surface area contributed by atoms with E-state index in [0.717, 1.165) is 106 Å². The zero-order valence-corrected chi connectivity index (χ0v) is 41.4. The molecule has 11 rings (SSSR count). The van der Waals surface area contributed by atoms with Crippen LogP contribution in [0.15, 0.2) is 168 Å². The van der Waals surface area contributed by atoms with E-state index in [4.69, 9.17) is 14.4 Å². The normalized spacial score (nSPS) is 13.1. The molecule has 0 bridgehead atoms. The number of phenols is 1. The van der Waals surface area contributed by atoms with Gasteiger partial charge in [-0.25, -0.2) is 4.98 Å². The van der Waals surface area contributed by atoms with Crippen LogP contribution in [0.1, 0.15) is 77.8 Å². The zero-order valence-electron chi connectivity index (χ0n) is 39.1. The van der Waals surface area contributed by atoms with Gasteiger partial charge in [0, 0.05) is 54.9 Å². The van der Waals surface area contributed by atoms with Gasteiger partial charge in [0.1, 0.15) is 17.2 Å². The van der Waals surface area contributed by atoms with Crippen molar-refractivity contribution in [1.29, 1.82) is 0 Å². The van der Waals surface area contributed by atoms with Crippen LogP contribution in [0, 0.1) is 6.07 Å². The summed E-state index contributed by atoms with van der Waals surface area (Å²) in [5.74, 6) is 1.78. The van der Waals surface area contributed by atoms with Crippen molar-refractivity contribution in [2.45, 2.75) is 71.6 Å². The van der Waals surface area contributed by atoms with Crippen molar-refractivity contribution >= 4 is 22.0 Å². The molecule has 5 nitrogen and oxygen atoms in total. The van der Waals surface area contributed by atoms with Crippen LogP contribution >= 0.6 is 0 Å². The number of pyridine rings is 1. The third kappa shape index (κ3) is 7.36. The maximum atomic E-state index is 12.6. The fourth-order valence-electron chi connectivity index (χ4n) is 9.90. The number of phenolic OH excluding ortho intramolecular Hbond substituents is 1. The molecule has 1 aliphatic carbocycles. The van der Waals surface area contributed by atoms with Crippen molar-refractivity contribution in [3.8, 4) is 78.6 Å². The predicted octanol–water partition coefficient (Wildman–Crippen LogP) is 15.9. The molecule has 0 radical (unpaired) electrons. The Morgan fingerprint density at radius 1 is 0.627 bits per heavy atom. The third-order valence-electron chi connectivity index (χ3n) is 13.5. The Balaban J connectivity index is 0.00000525. The van der Waals surface area contributed by atoms with Gasteiger partial charge in [0.05, 0.1) is 28.0 Å². The molecule has 7 aromatic carbocycles. The molecule has 3 heterocycles. The van der Waals surface area contributed by atoms with Gasteiger partial charge in [-0.3, -0.25) is 9.55 Å².